The second-order valence-electron chi connectivity index (χ2n) is 9.41. The molecule has 0 bridgehead atoms. The van der Waals surface area contributed by atoms with Crippen LogP contribution in [-0.4, -0.2) is 74.4 Å². The average molecular weight is 465 g/mol. The highest BCUT2D eigenvalue weighted by Crippen LogP contribution is 2.24. The summed E-state index contributed by atoms with van der Waals surface area (Å²) in [5.41, 5.74) is -0.0859. The number of benzene rings is 1. The smallest absolute Gasteiger partial charge is 0.410 e. The minimum absolute atomic E-state index is 0.135. The summed E-state index contributed by atoms with van der Waals surface area (Å²) in [6, 6.07) is 5.84. The molecule has 1 unspecified atom stereocenters. The number of sulfonamides is 1. The molecule has 2 heterocycles. The van der Waals surface area contributed by atoms with Gasteiger partial charge in [0.2, 0.25) is 5.91 Å². The molecule has 176 valence electrons. The first-order valence-electron chi connectivity index (χ1n) is 10.8. The van der Waals surface area contributed by atoms with Crippen LogP contribution in [0.25, 0.3) is 0 Å². The largest absolute Gasteiger partial charge is 0.444 e. The minimum Gasteiger partial charge on any atom is -0.444 e. The van der Waals surface area contributed by atoms with E-state index >= 15 is 0 Å². The fourth-order valence-corrected chi connectivity index (χ4v) is 5.20. The summed E-state index contributed by atoms with van der Waals surface area (Å²) in [7, 11) is -1.95. The number of fused-ring (bicyclic) bond motifs is 1. The van der Waals surface area contributed by atoms with E-state index in [1.807, 2.05) is 20.8 Å². The van der Waals surface area contributed by atoms with E-state index in [0.29, 0.717) is 25.2 Å². The van der Waals surface area contributed by atoms with E-state index in [1.165, 1.54) is 6.07 Å². The van der Waals surface area contributed by atoms with Gasteiger partial charge in [-0.15, -0.1) is 0 Å². The zero-order chi connectivity index (χ0) is 23.7. The number of amidine groups is 1. The monoisotopic (exact) mass is 464 g/mol. The van der Waals surface area contributed by atoms with E-state index in [-0.39, 0.29) is 28.6 Å². The molecule has 1 aromatic carbocycles. The molecule has 1 aromatic rings. The van der Waals surface area contributed by atoms with Gasteiger partial charge in [0.15, 0.2) is 0 Å². The fourth-order valence-electron chi connectivity index (χ4n) is 3.96. The molecule has 9 nitrogen and oxygen atoms in total. The molecule has 1 fully saturated rings. The van der Waals surface area contributed by atoms with Crippen LogP contribution in [0.5, 0.6) is 0 Å². The van der Waals surface area contributed by atoms with E-state index < -0.39 is 21.7 Å². The summed E-state index contributed by atoms with van der Waals surface area (Å²) in [5, 5.41) is 0. The second-order valence-corrected chi connectivity index (χ2v) is 11.1. The molecule has 0 spiro atoms. The molecule has 10 heteroatoms. The molecular formula is C22H32N4O5S. The Morgan fingerprint density at radius 1 is 1.31 bits per heavy atom. The van der Waals surface area contributed by atoms with E-state index in [4.69, 9.17) is 4.74 Å². The van der Waals surface area contributed by atoms with E-state index in [0.717, 1.165) is 12.8 Å². The first-order valence-corrected chi connectivity index (χ1v) is 12.3. The van der Waals surface area contributed by atoms with Crippen LogP contribution < -0.4 is 4.72 Å². The van der Waals surface area contributed by atoms with E-state index in [2.05, 4.69) is 9.71 Å². The molecule has 2 amide bonds. The zero-order valence-electron chi connectivity index (χ0n) is 19.3. The molecule has 2 atom stereocenters. The van der Waals surface area contributed by atoms with Crippen molar-refractivity contribution in [1.29, 1.82) is 0 Å². The number of ether oxygens (including phenoxy) is 1. The van der Waals surface area contributed by atoms with Gasteiger partial charge < -0.3 is 14.5 Å². The van der Waals surface area contributed by atoms with Crippen LogP contribution in [-0.2, 0) is 19.6 Å². The third kappa shape index (κ3) is 5.59. The Morgan fingerprint density at radius 3 is 2.69 bits per heavy atom. The van der Waals surface area contributed by atoms with Gasteiger partial charge in [0.1, 0.15) is 17.5 Å². The van der Waals surface area contributed by atoms with Crippen LogP contribution >= 0.6 is 0 Å². The van der Waals surface area contributed by atoms with Crippen molar-refractivity contribution in [2.75, 3.05) is 26.7 Å². The average Bonchev–Trinajstić information content (AvgIpc) is 2.96. The lowest BCUT2D eigenvalue weighted by Crippen LogP contribution is -2.47. The van der Waals surface area contributed by atoms with Crippen LogP contribution in [0.4, 0.5) is 4.79 Å². The maximum atomic E-state index is 13.0. The molecule has 1 N–H and O–H groups in total. The maximum absolute atomic E-state index is 13.0. The van der Waals surface area contributed by atoms with Crippen LogP contribution in [0.3, 0.4) is 0 Å². The molecule has 2 aliphatic rings. The quantitative estimate of drug-likeness (QED) is 0.735. The Labute approximate surface area is 189 Å². The van der Waals surface area contributed by atoms with Gasteiger partial charge in [-0.3, -0.25) is 14.5 Å². The first-order chi connectivity index (χ1) is 14.9. The van der Waals surface area contributed by atoms with Crippen molar-refractivity contribution >= 4 is 27.9 Å². The zero-order valence-corrected chi connectivity index (χ0v) is 20.1. The summed E-state index contributed by atoms with van der Waals surface area (Å²) < 4.78 is 32.4. The topological polar surface area (TPSA) is 108 Å². The van der Waals surface area contributed by atoms with Gasteiger partial charge in [0, 0.05) is 32.2 Å². The Bertz CT molecular complexity index is 1020. The number of rotatable bonds is 4. The summed E-state index contributed by atoms with van der Waals surface area (Å²) in [6.45, 7) is 8.77. The van der Waals surface area contributed by atoms with Crippen molar-refractivity contribution in [2.45, 2.75) is 57.1 Å². The number of nitrogens with zero attached hydrogens (tertiary/aromatic N) is 3. The molecular weight excluding hydrogens is 432 g/mol. The molecule has 0 saturated carbocycles. The number of nitrogens with one attached hydrogen (secondary N) is 1. The van der Waals surface area contributed by atoms with Crippen molar-refractivity contribution in [3.8, 4) is 0 Å². The Balaban J connectivity index is 1.64. The lowest BCUT2D eigenvalue weighted by atomic mass is 9.97. The summed E-state index contributed by atoms with van der Waals surface area (Å²) in [6.07, 6.45) is 1.36. The summed E-state index contributed by atoms with van der Waals surface area (Å²) >= 11 is 0. The number of likely N-dealkylation sites (tertiary alicyclic amines) is 1. The molecule has 3 rings (SSSR count). The van der Waals surface area contributed by atoms with E-state index in [9.17, 15) is 18.0 Å². The van der Waals surface area contributed by atoms with Crippen LogP contribution in [0.1, 0.15) is 46.1 Å². The molecule has 32 heavy (non-hydrogen) atoms. The number of aliphatic imine (C=N–C) groups is 1. The van der Waals surface area contributed by atoms with Gasteiger partial charge in [0.25, 0.3) is 10.0 Å². The van der Waals surface area contributed by atoms with Crippen LogP contribution in [0.15, 0.2) is 34.2 Å². The number of carbonyl (C=O) groups excluding carboxylic acids is 2. The molecule has 0 aliphatic carbocycles. The van der Waals surface area contributed by atoms with Crippen molar-refractivity contribution in [2.24, 2.45) is 10.9 Å². The molecule has 0 aromatic heterocycles. The Kier molecular flexibility index (Phi) is 6.83. The van der Waals surface area contributed by atoms with Crippen LogP contribution in [0, 0.1) is 5.92 Å². The lowest BCUT2D eigenvalue weighted by molar-refractivity contribution is -0.134. The summed E-state index contributed by atoms with van der Waals surface area (Å²) in [4.78, 5) is 33.2. The van der Waals surface area contributed by atoms with Gasteiger partial charge in [-0.1, -0.05) is 12.1 Å². The highest BCUT2D eigenvalue weighted by molar-refractivity contribution is 7.90. The van der Waals surface area contributed by atoms with Gasteiger partial charge in [-0.05, 0) is 58.6 Å². The van der Waals surface area contributed by atoms with Crippen molar-refractivity contribution in [3.63, 3.8) is 0 Å². The second kappa shape index (κ2) is 9.09. The van der Waals surface area contributed by atoms with E-state index in [1.54, 1.807) is 42.0 Å². The third-order valence-electron chi connectivity index (χ3n) is 5.41. The number of piperidine rings is 1. The molecule has 0 radical (unpaired) electrons. The summed E-state index contributed by atoms with van der Waals surface area (Å²) in [5.74, 6) is 0.168. The Morgan fingerprint density at radius 2 is 2.00 bits per heavy atom. The number of amides is 2. The normalized spacial score (nSPS) is 22.1. The predicted molar refractivity (Wildman–Crippen MR) is 121 cm³/mol. The van der Waals surface area contributed by atoms with Crippen molar-refractivity contribution in [1.82, 2.24) is 14.5 Å². The molecule has 1 saturated heterocycles. The van der Waals surface area contributed by atoms with Gasteiger partial charge in [-0.2, -0.15) is 0 Å². The fraction of sp³-hybridized carbons (Fsp3) is 0.591. The highest BCUT2D eigenvalue weighted by Gasteiger charge is 2.33. The maximum Gasteiger partial charge on any atom is 0.410 e. The van der Waals surface area contributed by atoms with Gasteiger partial charge >= 0.3 is 6.09 Å². The van der Waals surface area contributed by atoms with Crippen molar-refractivity contribution < 1.29 is 22.7 Å². The first kappa shape index (κ1) is 24.0. The Hall–Kier alpha value is -2.62. The number of hydrogen-bond donors (Lipinski definition) is 1. The number of carbonyl (C=O) groups is 2. The van der Waals surface area contributed by atoms with Crippen molar-refractivity contribution in [3.05, 3.63) is 29.8 Å². The van der Waals surface area contributed by atoms with Gasteiger partial charge in [0.05, 0.1) is 4.90 Å². The minimum atomic E-state index is -3.65. The number of hydrogen-bond acceptors (Lipinski definition) is 6. The van der Waals surface area contributed by atoms with Gasteiger partial charge in [-0.25, -0.2) is 13.2 Å². The van der Waals surface area contributed by atoms with Crippen LogP contribution in [0.2, 0.25) is 0 Å². The third-order valence-corrected chi connectivity index (χ3v) is 6.81. The highest BCUT2D eigenvalue weighted by atomic mass is 32.2. The lowest BCUT2D eigenvalue weighted by Gasteiger charge is -2.35. The SMILES string of the molecule is C[C@H](N=C1NS(=O)(=O)c2ccccc21)C(=O)N1CCCC(CN(C)C(=O)OC(C)(C)C)C1. The predicted octanol–water partition coefficient (Wildman–Crippen LogP) is 2.22. The standard InChI is InChI=1S/C22H32N4O5S/c1-15(23-19-17-10-6-7-11-18(17)32(29,30)24-19)20(27)26-12-8-9-16(14-26)13-25(5)21(28)31-22(2,3)4/h6-7,10-11,15-16H,8-9,12-14H2,1-5H3,(H,23,24)/t15-,16?/m0/s1. The molecule has 2 aliphatic heterocycles.